The first-order chi connectivity index (χ1) is 7.94. The van der Waals surface area contributed by atoms with Gasteiger partial charge < -0.3 is 0 Å². The maximum atomic E-state index is 11.4. The molecule has 0 aromatic rings. The molecule has 2 N–H and O–H groups in total. The number of likely N-dealkylation sites (tertiary alicyclic amines) is 1. The molecule has 6 heteroatoms. The summed E-state index contributed by atoms with van der Waals surface area (Å²) in [5.41, 5.74) is 0. The molecular weight excluding hydrogens is 238 g/mol. The van der Waals surface area contributed by atoms with Crippen LogP contribution in [-0.2, 0) is 10.2 Å². The number of hydrogen-bond donors (Lipinski definition) is 2. The molecule has 1 aliphatic rings. The number of piperidine rings is 1. The minimum Gasteiger partial charge on any atom is -0.299 e. The molecule has 1 unspecified atom stereocenters. The van der Waals surface area contributed by atoms with Crippen LogP contribution in [0.5, 0.6) is 0 Å². The molecule has 1 atom stereocenters. The van der Waals surface area contributed by atoms with Crippen LogP contribution in [0, 0.1) is 5.92 Å². The van der Waals surface area contributed by atoms with Crippen molar-refractivity contribution in [3.63, 3.8) is 0 Å². The van der Waals surface area contributed by atoms with Crippen molar-refractivity contribution < 1.29 is 8.42 Å². The lowest BCUT2D eigenvalue weighted by molar-refractivity contribution is 0.148. The summed E-state index contributed by atoms with van der Waals surface area (Å²) in [5, 5.41) is 0. The zero-order valence-corrected chi connectivity index (χ0v) is 11.9. The zero-order chi connectivity index (χ0) is 12.9. The largest absolute Gasteiger partial charge is 0.299 e. The third-order valence-electron chi connectivity index (χ3n) is 3.34. The van der Waals surface area contributed by atoms with Crippen LogP contribution in [0.25, 0.3) is 0 Å². The predicted octanol–water partition coefficient (Wildman–Crippen LogP) is 0.551. The second-order valence-corrected chi connectivity index (χ2v) is 6.50. The van der Waals surface area contributed by atoms with E-state index in [9.17, 15) is 8.42 Å². The topological polar surface area (TPSA) is 61.4 Å². The summed E-state index contributed by atoms with van der Waals surface area (Å²) >= 11 is 0. The molecule has 5 nitrogen and oxygen atoms in total. The number of hydrogen-bond acceptors (Lipinski definition) is 3. The lowest BCUT2D eigenvalue weighted by atomic mass is 9.98. The van der Waals surface area contributed by atoms with E-state index in [-0.39, 0.29) is 6.04 Å². The monoisotopic (exact) mass is 263 g/mol. The van der Waals surface area contributed by atoms with E-state index < -0.39 is 10.2 Å². The van der Waals surface area contributed by atoms with Crippen LogP contribution >= 0.6 is 0 Å². The first-order valence-electron chi connectivity index (χ1n) is 6.43. The Kier molecular flexibility index (Phi) is 5.85. The highest BCUT2D eigenvalue weighted by atomic mass is 32.2. The van der Waals surface area contributed by atoms with E-state index in [4.69, 9.17) is 0 Å². The molecule has 17 heavy (non-hydrogen) atoms. The summed E-state index contributed by atoms with van der Waals surface area (Å²) in [6.45, 7) is 9.17. The van der Waals surface area contributed by atoms with Crippen molar-refractivity contribution in [2.24, 2.45) is 5.92 Å². The van der Waals surface area contributed by atoms with Gasteiger partial charge >= 0.3 is 0 Å². The van der Waals surface area contributed by atoms with Gasteiger partial charge in [0.1, 0.15) is 0 Å². The molecule has 1 heterocycles. The molecular formula is C11H25N3O2S. The summed E-state index contributed by atoms with van der Waals surface area (Å²) in [4.78, 5) is 2.36. The quantitative estimate of drug-likeness (QED) is 0.736. The van der Waals surface area contributed by atoms with Gasteiger partial charge in [-0.2, -0.15) is 8.42 Å². The van der Waals surface area contributed by atoms with Crippen molar-refractivity contribution in [1.29, 1.82) is 0 Å². The van der Waals surface area contributed by atoms with Gasteiger partial charge in [0.2, 0.25) is 0 Å². The van der Waals surface area contributed by atoms with Gasteiger partial charge in [0.05, 0.1) is 0 Å². The smallest absolute Gasteiger partial charge is 0.276 e. The Bertz CT molecular complexity index is 311. The summed E-state index contributed by atoms with van der Waals surface area (Å²) < 4.78 is 27.9. The van der Waals surface area contributed by atoms with Crippen LogP contribution in [0.15, 0.2) is 0 Å². The Balaban J connectivity index is 2.32. The first-order valence-corrected chi connectivity index (χ1v) is 7.91. The Morgan fingerprint density at radius 2 is 1.88 bits per heavy atom. The Morgan fingerprint density at radius 1 is 1.29 bits per heavy atom. The fourth-order valence-electron chi connectivity index (χ4n) is 2.07. The predicted molar refractivity (Wildman–Crippen MR) is 70.0 cm³/mol. The normalized spacial score (nSPS) is 21.6. The molecule has 0 radical (unpaired) electrons. The average Bonchev–Trinajstić information content (AvgIpc) is 2.27. The fraction of sp³-hybridized carbons (Fsp3) is 1.00. The molecule has 0 saturated carbocycles. The van der Waals surface area contributed by atoms with Gasteiger partial charge in [0.25, 0.3) is 10.2 Å². The van der Waals surface area contributed by atoms with Crippen LogP contribution in [0.4, 0.5) is 0 Å². The van der Waals surface area contributed by atoms with Crippen molar-refractivity contribution in [3.05, 3.63) is 0 Å². The summed E-state index contributed by atoms with van der Waals surface area (Å²) in [6.07, 6.45) is 2.43. The third-order valence-corrected chi connectivity index (χ3v) is 4.56. The van der Waals surface area contributed by atoms with E-state index in [0.717, 1.165) is 19.0 Å². The molecule has 0 spiro atoms. The summed E-state index contributed by atoms with van der Waals surface area (Å²) in [5.74, 6) is 0.803. The average molecular weight is 263 g/mol. The third kappa shape index (κ3) is 5.33. The summed E-state index contributed by atoms with van der Waals surface area (Å²) in [6, 6.07) is 0.260. The zero-order valence-electron chi connectivity index (χ0n) is 11.1. The highest BCUT2D eigenvalue weighted by Crippen LogP contribution is 2.17. The Hall–Kier alpha value is -0.170. The molecule has 102 valence electrons. The van der Waals surface area contributed by atoms with E-state index in [0.29, 0.717) is 13.1 Å². The van der Waals surface area contributed by atoms with Crippen molar-refractivity contribution in [3.8, 4) is 0 Å². The molecule has 0 aromatic heterocycles. The van der Waals surface area contributed by atoms with Gasteiger partial charge in [-0.25, -0.2) is 9.44 Å². The maximum absolute atomic E-state index is 11.4. The van der Waals surface area contributed by atoms with Gasteiger partial charge in [0, 0.05) is 19.1 Å². The lowest BCUT2D eigenvalue weighted by Crippen LogP contribution is -2.47. The van der Waals surface area contributed by atoms with Crippen molar-refractivity contribution in [1.82, 2.24) is 14.3 Å². The van der Waals surface area contributed by atoms with Crippen LogP contribution in [0.2, 0.25) is 0 Å². The van der Waals surface area contributed by atoms with Gasteiger partial charge in [-0.05, 0) is 38.8 Å². The van der Waals surface area contributed by atoms with Gasteiger partial charge in [-0.3, -0.25) is 4.90 Å². The SMILES string of the molecule is CCNS(=O)(=O)NCC(C)N1CCC(C)CC1. The van der Waals surface area contributed by atoms with E-state index in [1.807, 2.05) is 0 Å². The fourth-order valence-corrected chi connectivity index (χ4v) is 3.01. The molecule has 0 bridgehead atoms. The molecule has 1 saturated heterocycles. The molecule has 1 aliphatic heterocycles. The van der Waals surface area contributed by atoms with Crippen LogP contribution < -0.4 is 9.44 Å². The van der Waals surface area contributed by atoms with Gasteiger partial charge in [-0.1, -0.05) is 13.8 Å². The van der Waals surface area contributed by atoms with Gasteiger partial charge in [-0.15, -0.1) is 0 Å². The second kappa shape index (κ2) is 6.68. The van der Waals surface area contributed by atoms with Crippen LogP contribution in [-0.4, -0.2) is 45.5 Å². The van der Waals surface area contributed by atoms with E-state index in [1.54, 1.807) is 6.92 Å². The maximum Gasteiger partial charge on any atom is 0.276 e. The lowest BCUT2D eigenvalue weighted by Gasteiger charge is -2.34. The molecule has 0 amide bonds. The Labute approximate surface area is 105 Å². The van der Waals surface area contributed by atoms with Crippen molar-refractivity contribution in [2.45, 2.75) is 39.7 Å². The minimum absolute atomic E-state index is 0.260. The molecule has 0 aliphatic carbocycles. The minimum atomic E-state index is -3.30. The Morgan fingerprint density at radius 3 is 2.41 bits per heavy atom. The highest BCUT2D eigenvalue weighted by Gasteiger charge is 2.21. The molecule has 1 fully saturated rings. The van der Waals surface area contributed by atoms with E-state index in [1.165, 1.54) is 12.8 Å². The second-order valence-electron chi connectivity index (χ2n) is 4.92. The van der Waals surface area contributed by atoms with Crippen LogP contribution in [0.3, 0.4) is 0 Å². The molecule has 0 aromatic carbocycles. The number of nitrogens with one attached hydrogen (secondary N) is 2. The highest BCUT2D eigenvalue weighted by molar-refractivity contribution is 7.87. The standard InChI is InChI=1S/C11H25N3O2S/c1-4-12-17(15,16)13-9-11(3)14-7-5-10(2)6-8-14/h10-13H,4-9H2,1-3H3. The summed E-state index contributed by atoms with van der Waals surface area (Å²) in [7, 11) is -3.30. The van der Waals surface area contributed by atoms with Gasteiger partial charge in [0.15, 0.2) is 0 Å². The van der Waals surface area contributed by atoms with E-state index >= 15 is 0 Å². The van der Waals surface area contributed by atoms with Crippen molar-refractivity contribution in [2.75, 3.05) is 26.2 Å². The molecule has 1 rings (SSSR count). The first kappa shape index (κ1) is 14.9. The number of nitrogens with zero attached hydrogens (tertiary/aromatic N) is 1. The number of rotatable bonds is 6. The van der Waals surface area contributed by atoms with Crippen LogP contribution in [0.1, 0.15) is 33.6 Å². The van der Waals surface area contributed by atoms with Crippen molar-refractivity contribution >= 4 is 10.2 Å². The van der Waals surface area contributed by atoms with E-state index in [2.05, 4.69) is 28.2 Å².